The first kappa shape index (κ1) is 11.4. The fourth-order valence-corrected chi connectivity index (χ4v) is 2.12. The van der Waals surface area contributed by atoms with Gasteiger partial charge < -0.3 is 4.90 Å². The SMILES string of the molecule is C=CCN1CCc2cc(C=O)ccc2C1=C=O. The van der Waals surface area contributed by atoms with Crippen molar-refractivity contribution in [1.29, 1.82) is 0 Å². The van der Waals surface area contributed by atoms with Gasteiger partial charge in [-0.25, -0.2) is 4.79 Å². The van der Waals surface area contributed by atoms with Crippen LogP contribution >= 0.6 is 0 Å². The molecule has 0 N–H and O–H groups in total. The highest BCUT2D eigenvalue weighted by Crippen LogP contribution is 2.27. The Morgan fingerprint density at radius 3 is 2.94 bits per heavy atom. The van der Waals surface area contributed by atoms with Crippen LogP contribution in [0.3, 0.4) is 0 Å². The Balaban J connectivity index is 2.46. The van der Waals surface area contributed by atoms with Gasteiger partial charge in [-0.1, -0.05) is 18.2 Å². The van der Waals surface area contributed by atoms with E-state index in [9.17, 15) is 9.59 Å². The monoisotopic (exact) mass is 227 g/mol. The Hall–Kier alpha value is -2.12. The third kappa shape index (κ3) is 2.05. The average Bonchev–Trinajstić information content (AvgIpc) is 2.38. The molecule has 1 aliphatic heterocycles. The van der Waals surface area contributed by atoms with Gasteiger partial charge in [-0.2, -0.15) is 0 Å². The molecule has 1 heterocycles. The summed E-state index contributed by atoms with van der Waals surface area (Å²) in [6.45, 7) is 5.07. The Morgan fingerprint density at radius 1 is 1.47 bits per heavy atom. The van der Waals surface area contributed by atoms with Crippen LogP contribution in [0.2, 0.25) is 0 Å². The zero-order valence-corrected chi connectivity index (χ0v) is 9.48. The molecule has 0 aromatic heterocycles. The second kappa shape index (κ2) is 4.81. The highest BCUT2D eigenvalue weighted by Gasteiger charge is 2.21. The first-order valence-electron chi connectivity index (χ1n) is 5.49. The van der Waals surface area contributed by atoms with E-state index in [1.807, 2.05) is 23.0 Å². The van der Waals surface area contributed by atoms with Crippen molar-refractivity contribution in [3.05, 3.63) is 47.5 Å². The van der Waals surface area contributed by atoms with Crippen LogP contribution < -0.4 is 0 Å². The molecule has 1 aliphatic rings. The summed E-state index contributed by atoms with van der Waals surface area (Å²) in [5, 5.41) is 0. The zero-order chi connectivity index (χ0) is 12.3. The van der Waals surface area contributed by atoms with Crippen molar-refractivity contribution in [1.82, 2.24) is 4.90 Å². The van der Waals surface area contributed by atoms with E-state index in [0.29, 0.717) is 17.8 Å². The molecule has 0 atom stereocenters. The maximum absolute atomic E-state index is 11.1. The molecular weight excluding hydrogens is 214 g/mol. The fraction of sp³-hybridized carbons (Fsp3) is 0.214. The number of hydrogen-bond acceptors (Lipinski definition) is 3. The maximum Gasteiger partial charge on any atom is 0.151 e. The predicted molar refractivity (Wildman–Crippen MR) is 66.4 cm³/mol. The van der Waals surface area contributed by atoms with Gasteiger partial charge >= 0.3 is 0 Å². The summed E-state index contributed by atoms with van der Waals surface area (Å²) in [5.41, 5.74) is 3.11. The molecule has 3 heteroatoms. The third-order valence-electron chi connectivity index (χ3n) is 2.93. The van der Waals surface area contributed by atoms with E-state index >= 15 is 0 Å². The van der Waals surface area contributed by atoms with Gasteiger partial charge in [-0.05, 0) is 18.1 Å². The number of aldehydes is 1. The van der Waals surface area contributed by atoms with Crippen LogP contribution in [0.4, 0.5) is 0 Å². The molecule has 17 heavy (non-hydrogen) atoms. The Bertz CT molecular complexity index is 513. The summed E-state index contributed by atoms with van der Waals surface area (Å²) in [7, 11) is 0. The number of hydrogen-bond donors (Lipinski definition) is 0. The first-order chi connectivity index (χ1) is 8.30. The minimum Gasteiger partial charge on any atom is -0.358 e. The number of fused-ring (bicyclic) bond motifs is 1. The molecule has 1 aromatic carbocycles. The van der Waals surface area contributed by atoms with E-state index in [1.54, 1.807) is 12.1 Å². The summed E-state index contributed by atoms with van der Waals surface area (Å²) >= 11 is 0. The van der Waals surface area contributed by atoms with Crippen molar-refractivity contribution in [2.24, 2.45) is 0 Å². The van der Waals surface area contributed by atoms with E-state index in [2.05, 4.69) is 6.58 Å². The van der Waals surface area contributed by atoms with Crippen molar-refractivity contribution >= 4 is 17.9 Å². The van der Waals surface area contributed by atoms with E-state index in [1.165, 1.54) is 0 Å². The number of carbonyl (C=O) groups excluding carboxylic acids is 2. The number of rotatable bonds is 3. The average molecular weight is 227 g/mol. The number of carbonyl (C=O) groups is 1. The van der Waals surface area contributed by atoms with Gasteiger partial charge in [0.15, 0.2) is 5.94 Å². The van der Waals surface area contributed by atoms with Crippen LogP contribution in [0.25, 0.3) is 5.70 Å². The lowest BCUT2D eigenvalue weighted by atomic mass is 9.95. The van der Waals surface area contributed by atoms with E-state index in [0.717, 1.165) is 30.4 Å². The van der Waals surface area contributed by atoms with Crippen LogP contribution in [0.1, 0.15) is 21.5 Å². The number of nitrogens with zero attached hydrogens (tertiary/aromatic N) is 1. The molecule has 0 aliphatic carbocycles. The molecule has 0 fully saturated rings. The van der Waals surface area contributed by atoms with Gasteiger partial charge in [-0.3, -0.25) is 4.79 Å². The second-order valence-corrected chi connectivity index (χ2v) is 3.97. The van der Waals surface area contributed by atoms with Crippen LogP contribution in [-0.2, 0) is 11.2 Å². The topological polar surface area (TPSA) is 37.4 Å². The predicted octanol–water partition coefficient (Wildman–Crippen LogP) is 1.72. The molecular formula is C14H13NO2. The van der Waals surface area contributed by atoms with Crippen molar-refractivity contribution in [3.8, 4) is 0 Å². The number of benzene rings is 1. The Morgan fingerprint density at radius 2 is 2.29 bits per heavy atom. The largest absolute Gasteiger partial charge is 0.358 e. The van der Waals surface area contributed by atoms with Gasteiger partial charge in [0.1, 0.15) is 12.0 Å². The Labute approximate surface area is 100 Å². The molecule has 3 nitrogen and oxygen atoms in total. The molecule has 86 valence electrons. The summed E-state index contributed by atoms with van der Waals surface area (Å²) in [6, 6.07) is 5.38. The quantitative estimate of drug-likeness (QED) is 0.448. The van der Waals surface area contributed by atoms with Crippen LogP contribution in [0.5, 0.6) is 0 Å². The smallest absolute Gasteiger partial charge is 0.151 e. The van der Waals surface area contributed by atoms with Crippen molar-refractivity contribution in [2.45, 2.75) is 6.42 Å². The molecule has 0 saturated heterocycles. The molecule has 0 bridgehead atoms. The molecule has 0 radical (unpaired) electrons. The fourth-order valence-electron chi connectivity index (χ4n) is 2.12. The third-order valence-corrected chi connectivity index (χ3v) is 2.93. The Kier molecular flexibility index (Phi) is 3.22. The lowest BCUT2D eigenvalue weighted by molar-refractivity contribution is 0.112. The first-order valence-corrected chi connectivity index (χ1v) is 5.49. The molecule has 0 spiro atoms. The highest BCUT2D eigenvalue weighted by molar-refractivity contribution is 5.89. The van der Waals surface area contributed by atoms with E-state index < -0.39 is 0 Å². The van der Waals surface area contributed by atoms with E-state index in [-0.39, 0.29) is 0 Å². The standard InChI is InChI=1S/C14H13NO2/c1-2-6-15-7-5-12-8-11(9-16)3-4-13(12)14(15)10-17/h2-4,8-9H,1,5-7H2. The zero-order valence-electron chi connectivity index (χ0n) is 9.48. The molecule has 0 unspecified atom stereocenters. The molecule has 1 aromatic rings. The van der Waals surface area contributed by atoms with Crippen LogP contribution in [-0.4, -0.2) is 30.2 Å². The van der Waals surface area contributed by atoms with Gasteiger partial charge in [0, 0.05) is 24.2 Å². The minimum absolute atomic E-state index is 0.559. The van der Waals surface area contributed by atoms with Crippen LogP contribution in [0, 0.1) is 0 Å². The van der Waals surface area contributed by atoms with Crippen LogP contribution in [0.15, 0.2) is 30.9 Å². The molecule has 2 rings (SSSR count). The molecule has 0 saturated carbocycles. The van der Waals surface area contributed by atoms with Gasteiger partial charge in [-0.15, -0.1) is 6.58 Å². The van der Waals surface area contributed by atoms with Crippen molar-refractivity contribution in [2.75, 3.05) is 13.1 Å². The highest BCUT2D eigenvalue weighted by atomic mass is 16.1. The van der Waals surface area contributed by atoms with E-state index in [4.69, 9.17) is 0 Å². The summed E-state index contributed by atoms with van der Waals surface area (Å²) in [5.74, 6) is 1.99. The summed E-state index contributed by atoms with van der Waals surface area (Å²) < 4.78 is 0. The van der Waals surface area contributed by atoms with Gasteiger partial charge in [0.2, 0.25) is 0 Å². The summed E-state index contributed by atoms with van der Waals surface area (Å²) in [6.07, 6.45) is 3.42. The van der Waals surface area contributed by atoms with Crippen molar-refractivity contribution in [3.63, 3.8) is 0 Å². The molecule has 0 amide bonds. The second-order valence-electron chi connectivity index (χ2n) is 3.97. The normalized spacial score (nSPS) is 13.9. The summed E-state index contributed by atoms with van der Waals surface area (Å²) in [4.78, 5) is 23.7. The van der Waals surface area contributed by atoms with Gasteiger partial charge in [0.05, 0.1) is 0 Å². The minimum atomic E-state index is 0.559. The maximum atomic E-state index is 11.1. The lowest BCUT2D eigenvalue weighted by Gasteiger charge is -2.30. The van der Waals surface area contributed by atoms with Crippen molar-refractivity contribution < 1.29 is 9.59 Å². The lowest BCUT2D eigenvalue weighted by Crippen LogP contribution is -2.30. The van der Waals surface area contributed by atoms with Gasteiger partial charge in [0.25, 0.3) is 0 Å².